The van der Waals surface area contributed by atoms with Crippen molar-refractivity contribution in [1.29, 1.82) is 0 Å². The minimum absolute atomic E-state index is 0.201. The maximum absolute atomic E-state index is 13.6. The molecule has 6 nitrogen and oxygen atoms in total. The number of aliphatic carboxylic acids is 1. The van der Waals surface area contributed by atoms with Crippen molar-refractivity contribution in [2.75, 3.05) is 5.32 Å². The van der Waals surface area contributed by atoms with Crippen molar-refractivity contribution in [3.8, 4) is 0 Å². The van der Waals surface area contributed by atoms with Crippen molar-refractivity contribution in [2.24, 2.45) is 0 Å². The number of benzene rings is 1. The van der Waals surface area contributed by atoms with E-state index in [9.17, 15) is 14.0 Å². The molecule has 1 aromatic heterocycles. The fourth-order valence-corrected chi connectivity index (χ4v) is 1.82. The largest absolute Gasteiger partial charge is 0.478 e. The van der Waals surface area contributed by atoms with E-state index in [0.717, 1.165) is 23.5 Å². The number of hydrogen-bond donors (Lipinski definition) is 2. The Hall–Kier alpha value is -2.61. The van der Waals surface area contributed by atoms with Gasteiger partial charge in [0.25, 0.3) is 5.91 Å². The van der Waals surface area contributed by atoms with Gasteiger partial charge in [0.05, 0.1) is 5.56 Å². The summed E-state index contributed by atoms with van der Waals surface area (Å²) in [5, 5.41) is 18.3. The maximum Gasteiger partial charge on any atom is 0.328 e. The molecule has 1 aromatic carbocycles. The summed E-state index contributed by atoms with van der Waals surface area (Å²) in [4.78, 5) is 22.3. The number of nitrogens with zero attached hydrogens (tertiary/aromatic N) is 2. The fourth-order valence-electron chi connectivity index (χ4n) is 1.38. The number of anilines is 1. The predicted molar refractivity (Wildman–Crippen MR) is 70.9 cm³/mol. The average Bonchev–Trinajstić information content (AvgIpc) is 2.90. The topological polar surface area (TPSA) is 92.2 Å². The van der Waals surface area contributed by atoms with Gasteiger partial charge in [0, 0.05) is 6.08 Å². The van der Waals surface area contributed by atoms with Crippen molar-refractivity contribution in [2.45, 2.75) is 0 Å². The van der Waals surface area contributed by atoms with Gasteiger partial charge in [0.2, 0.25) is 5.13 Å². The lowest BCUT2D eigenvalue weighted by molar-refractivity contribution is -0.131. The van der Waals surface area contributed by atoms with Crippen LogP contribution in [0.1, 0.15) is 15.9 Å². The third kappa shape index (κ3) is 3.45. The first kappa shape index (κ1) is 13.8. The van der Waals surface area contributed by atoms with Gasteiger partial charge in [0.1, 0.15) is 11.3 Å². The van der Waals surface area contributed by atoms with Crippen LogP contribution < -0.4 is 5.32 Å². The Kier molecular flexibility index (Phi) is 4.16. The van der Waals surface area contributed by atoms with Gasteiger partial charge >= 0.3 is 5.97 Å². The molecule has 0 saturated heterocycles. The summed E-state index contributed by atoms with van der Waals surface area (Å²) in [5.74, 6) is -2.52. The van der Waals surface area contributed by atoms with Crippen LogP contribution in [0.25, 0.3) is 6.08 Å². The van der Waals surface area contributed by atoms with Crippen LogP contribution in [0.15, 0.2) is 29.8 Å². The zero-order valence-electron chi connectivity index (χ0n) is 9.91. The molecule has 0 aliphatic rings. The first-order chi connectivity index (χ1) is 9.56. The lowest BCUT2D eigenvalue weighted by Crippen LogP contribution is -2.13. The molecular formula is C12H8FN3O3S. The van der Waals surface area contributed by atoms with Crippen LogP contribution in [0.4, 0.5) is 9.52 Å². The minimum atomic E-state index is -1.13. The monoisotopic (exact) mass is 293 g/mol. The molecule has 0 fully saturated rings. The zero-order valence-corrected chi connectivity index (χ0v) is 10.7. The second kappa shape index (κ2) is 6.02. The Morgan fingerprint density at radius 3 is 2.85 bits per heavy atom. The summed E-state index contributed by atoms with van der Waals surface area (Å²) in [6.45, 7) is 0. The van der Waals surface area contributed by atoms with E-state index in [2.05, 4.69) is 15.5 Å². The van der Waals surface area contributed by atoms with Gasteiger partial charge in [-0.25, -0.2) is 9.18 Å². The van der Waals surface area contributed by atoms with Crippen molar-refractivity contribution < 1.29 is 19.1 Å². The number of aromatic nitrogens is 2. The number of carboxylic acids is 1. The summed E-state index contributed by atoms with van der Waals surface area (Å²) in [6.07, 6.45) is 2.17. The molecule has 0 aliphatic carbocycles. The Morgan fingerprint density at radius 1 is 1.40 bits per heavy atom. The highest BCUT2D eigenvalue weighted by Crippen LogP contribution is 2.15. The molecule has 0 bridgehead atoms. The van der Waals surface area contributed by atoms with Gasteiger partial charge in [-0.15, -0.1) is 10.2 Å². The van der Waals surface area contributed by atoms with Crippen molar-refractivity contribution in [3.63, 3.8) is 0 Å². The molecule has 0 spiro atoms. The smallest absolute Gasteiger partial charge is 0.328 e. The molecule has 2 aromatic rings. The van der Waals surface area contributed by atoms with Crippen LogP contribution in [0.3, 0.4) is 0 Å². The summed E-state index contributed by atoms with van der Waals surface area (Å²) < 4.78 is 13.6. The molecule has 0 atom stereocenters. The van der Waals surface area contributed by atoms with Gasteiger partial charge < -0.3 is 5.11 Å². The Labute approximate surface area is 116 Å². The second-order valence-electron chi connectivity index (χ2n) is 3.61. The highest BCUT2D eigenvalue weighted by molar-refractivity contribution is 7.13. The maximum atomic E-state index is 13.6. The lowest BCUT2D eigenvalue weighted by Gasteiger charge is -2.04. The predicted octanol–water partition coefficient (Wildman–Crippen LogP) is 2.03. The minimum Gasteiger partial charge on any atom is -0.478 e. The summed E-state index contributed by atoms with van der Waals surface area (Å²) in [6, 6.07) is 3.72. The number of carbonyl (C=O) groups excluding carboxylic acids is 1. The quantitative estimate of drug-likeness (QED) is 0.841. The molecule has 2 N–H and O–H groups in total. The summed E-state index contributed by atoms with van der Waals surface area (Å²) >= 11 is 1.10. The van der Waals surface area contributed by atoms with Crippen LogP contribution in [0.2, 0.25) is 0 Å². The van der Waals surface area contributed by atoms with E-state index in [0.29, 0.717) is 5.56 Å². The molecular weight excluding hydrogens is 285 g/mol. The van der Waals surface area contributed by atoms with Crippen LogP contribution in [0, 0.1) is 5.82 Å². The molecule has 2 rings (SSSR count). The van der Waals surface area contributed by atoms with E-state index < -0.39 is 17.7 Å². The fraction of sp³-hybridized carbons (Fsp3) is 0. The first-order valence-corrected chi connectivity index (χ1v) is 6.22. The Bertz CT molecular complexity index is 671. The number of hydrogen-bond acceptors (Lipinski definition) is 5. The number of nitrogens with one attached hydrogen (secondary N) is 1. The number of carbonyl (C=O) groups is 2. The van der Waals surface area contributed by atoms with Gasteiger partial charge in [-0.2, -0.15) is 0 Å². The van der Waals surface area contributed by atoms with E-state index in [-0.39, 0.29) is 10.7 Å². The molecule has 0 saturated carbocycles. The normalized spacial score (nSPS) is 10.7. The zero-order chi connectivity index (χ0) is 14.5. The van der Waals surface area contributed by atoms with Crippen molar-refractivity contribution >= 4 is 34.4 Å². The average molecular weight is 293 g/mol. The van der Waals surface area contributed by atoms with E-state index in [1.165, 1.54) is 23.7 Å². The first-order valence-electron chi connectivity index (χ1n) is 5.34. The van der Waals surface area contributed by atoms with Gasteiger partial charge in [-0.3, -0.25) is 10.1 Å². The third-order valence-corrected chi connectivity index (χ3v) is 2.84. The van der Waals surface area contributed by atoms with E-state index in [1.807, 2.05) is 0 Å². The van der Waals surface area contributed by atoms with Crippen molar-refractivity contribution in [3.05, 3.63) is 46.7 Å². The lowest BCUT2D eigenvalue weighted by atomic mass is 10.1. The number of halogens is 1. The van der Waals surface area contributed by atoms with E-state index in [4.69, 9.17) is 5.11 Å². The van der Waals surface area contributed by atoms with Crippen LogP contribution in [-0.2, 0) is 4.79 Å². The summed E-state index contributed by atoms with van der Waals surface area (Å²) in [7, 11) is 0. The van der Waals surface area contributed by atoms with Gasteiger partial charge in [0.15, 0.2) is 0 Å². The molecule has 0 radical (unpaired) electrons. The van der Waals surface area contributed by atoms with Crippen LogP contribution >= 0.6 is 11.3 Å². The summed E-state index contributed by atoms with van der Waals surface area (Å²) in [5.41, 5.74) is 1.63. The highest BCUT2D eigenvalue weighted by Gasteiger charge is 2.13. The highest BCUT2D eigenvalue weighted by atomic mass is 32.1. The number of carboxylic acid groups (broad SMARTS) is 1. The van der Waals surface area contributed by atoms with Gasteiger partial charge in [-0.1, -0.05) is 17.4 Å². The van der Waals surface area contributed by atoms with Crippen LogP contribution in [-0.4, -0.2) is 27.2 Å². The molecule has 0 aliphatic heterocycles. The van der Waals surface area contributed by atoms with Crippen LogP contribution in [0.5, 0.6) is 0 Å². The van der Waals surface area contributed by atoms with E-state index in [1.54, 1.807) is 0 Å². The standard InChI is InChI=1S/C12H8FN3O3S/c13-9-3-1-7(2-4-10(17)18)5-8(9)11(19)15-12-16-14-6-20-12/h1-6H,(H,17,18)(H,15,16,19). The molecule has 8 heteroatoms. The second-order valence-corrected chi connectivity index (χ2v) is 4.44. The third-order valence-electron chi connectivity index (χ3n) is 2.23. The molecule has 1 amide bonds. The molecule has 20 heavy (non-hydrogen) atoms. The molecule has 102 valence electrons. The number of amides is 1. The van der Waals surface area contributed by atoms with Crippen molar-refractivity contribution in [1.82, 2.24) is 10.2 Å². The number of rotatable bonds is 4. The SMILES string of the molecule is O=C(O)C=Cc1ccc(F)c(C(=O)Nc2nncs2)c1. The molecule has 0 unspecified atom stereocenters. The Balaban J connectivity index is 2.24. The van der Waals surface area contributed by atoms with Gasteiger partial charge in [-0.05, 0) is 23.8 Å². The molecule has 1 heterocycles. The Morgan fingerprint density at radius 2 is 2.20 bits per heavy atom. The van der Waals surface area contributed by atoms with E-state index >= 15 is 0 Å².